The molecule has 1 saturated heterocycles. The van der Waals surface area contributed by atoms with Crippen LogP contribution in [0.15, 0.2) is 42.5 Å². The monoisotopic (exact) mass is 496 g/mol. The Morgan fingerprint density at radius 2 is 1.71 bits per heavy atom. The van der Waals surface area contributed by atoms with Crippen LogP contribution in [-0.2, 0) is 16.0 Å². The van der Waals surface area contributed by atoms with E-state index in [1.54, 1.807) is 18.2 Å². The standard InChI is InChI=1S/C24H27F3N2O6/c25-24(26,27)35-18-4-1-16(2-5-18)13-22(30)28-19(15-29-7-9-32-10-8-29)23(31)17-3-6-20-21(14-17)34-12-11-33-20/h1-6,14,19,23,31H,7-13,15H2,(H,28,30)/t19-,23-/m1/s1. The number of morpholine rings is 1. The number of benzene rings is 2. The van der Waals surface area contributed by atoms with Gasteiger partial charge in [-0.2, -0.15) is 0 Å². The summed E-state index contributed by atoms with van der Waals surface area (Å²) < 4.78 is 57.5. The molecule has 1 fully saturated rings. The van der Waals surface area contributed by atoms with Crippen molar-refractivity contribution in [1.82, 2.24) is 10.2 Å². The summed E-state index contributed by atoms with van der Waals surface area (Å²) in [5, 5.41) is 14.1. The summed E-state index contributed by atoms with van der Waals surface area (Å²) in [6.45, 7) is 3.71. The third kappa shape index (κ3) is 7.23. The second-order valence-corrected chi connectivity index (χ2v) is 8.30. The van der Waals surface area contributed by atoms with E-state index in [0.717, 1.165) is 12.1 Å². The molecule has 2 aliphatic rings. The van der Waals surface area contributed by atoms with E-state index < -0.39 is 18.5 Å². The van der Waals surface area contributed by atoms with Gasteiger partial charge in [0.25, 0.3) is 0 Å². The lowest BCUT2D eigenvalue weighted by Crippen LogP contribution is -2.50. The van der Waals surface area contributed by atoms with E-state index in [-0.39, 0.29) is 18.1 Å². The predicted octanol–water partition coefficient (Wildman–Crippen LogP) is 2.45. The topological polar surface area (TPSA) is 89.5 Å². The van der Waals surface area contributed by atoms with Gasteiger partial charge >= 0.3 is 6.36 Å². The number of rotatable bonds is 8. The van der Waals surface area contributed by atoms with Crippen LogP contribution in [0.5, 0.6) is 17.2 Å². The summed E-state index contributed by atoms with van der Waals surface area (Å²) in [5.41, 5.74) is 1.08. The average molecular weight is 496 g/mol. The van der Waals surface area contributed by atoms with Gasteiger partial charge in [-0.15, -0.1) is 13.2 Å². The number of aliphatic hydroxyl groups is 1. The van der Waals surface area contributed by atoms with Gasteiger partial charge in [0.2, 0.25) is 5.91 Å². The minimum Gasteiger partial charge on any atom is -0.486 e. The van der Waals surface area contributed by atoms with E-state index in [0.29, 0.717) is 68.7 Å². The fraction of sp³-hybridized carbons (Fsp3) is 0.458. The molecule has 35 heavy (non-hydrogen) atoms. The van der Waals surface area contributed by atoms with Gasteiger partial charge in [-0.1, -0.05) is 18.2 Å². The van der Waals surface area contributed by atoms with Crippen molar-refractivity contribution < 1.29 is 42.0 Å². The highest BCUT2D eigenvalue weighted by Crippen LogP contribution is 2.33. The Morgan fingerprint density at radius 3 is 2.40 bits per heavy atom. The number of fused-ring (bicyclic) bond motifs is 1. The quantitative estimate of drug-likeness (QED) is 0.581. The van der Waals surface area contributed by atoms with Crippen LogP contribution in [0.25, 0.3) is 0 Å². The molecule has 2 atom stereocenters. The van der Waals surface area contributed by atoms with Crippen molar-refractivity contribution in [3.63, 3.8) is 0 Å². The van der Waals surface area contributed by atoms with Crippen LogP contribution in [0.3, 0.4) is 0 Å². The Bertz CT molecular complexity index is 996. The zero-order chi connectivity index (χ0) is 24.8. The van der Waals surface area contributed by atoms with Gasteiger partial charge in [-0.05, 0) is 35.4 Å². The second kappa shape index (κ2) is 11.1. The van der Waals surface area contributed by atoms with Crippen molar-refractivity contribution in [3.05, 3.63) is 53.6 Å². The number of hydrogen-bond donors (Lipinski definition) is 2. The van der Waals surface area contributed by atoms with Crippen molar-refractivity contribution in [2.75, 3.05) is 46.1 Å². The molecule has 8 nitrogen and oxygen atoms in total. The first-order valence-electron chi connectivity index (χ1n) is 11.3. The molecule has 1 amide bonds. The molecule has 0 spiro atoms. The number of carbonyl (C=O) groups excluding carboxylic acids is 1. The largest absolute Gasteiger partial charge is 0.573 e. The van der Waals surface area contributed by atoms with Gasteiger partial charge in [-0.3, -0.25) is 9.69 Å². The number of carbonyl (C=O) groups is 1. The summed E-state index contributed by atoms with van der Waals surface area (Å²) in [5.74, 6) is 0.398. The molecule has 0 unspecified atom stereocenters. The van der Waals surface area contributed by atoms with Gasteiger partial charge in [0, 0.05) is 19.6 Å². The first-order chi connectivity index (χ1) is 16.8. The molecule has 2 heterocycles. The second-order valence-electron chi connectivity index (χ2n) is 8.30. The van der Waals surface area contributed by atoms with Crippen LogP contribution < -0.4 is 19.5 Å². The van der Waals surface area contributed by atoms with Crippen molar-refractivity contribution in [2.45, 2.75) is 24.9 Å². The lowest BCUT2D eigenvalue weighted by molar-refractivity contribution is -0.274. The van der Waals surface area contributed by atoms with Crippen LogP contribution in [-0.4, -0.2) is 74.4 Å². The van der Waals surface area contributed by atoms with E-state index in [1.165, 1.54) is 12.1 Å². The first kappa shape index (κ1) is 25.1. The molecular weight excluding hydrogens is 469 g/mol. The maximum absolute atomic E-state index is 12.8. The summed E-state index contributed by atoms with van der Waals surface area (Å²) in [6, 6.07) is 9.63. The molecule has 2 N–H and O–H groups in total. The van der Waals surface area contributed by atoms with Crippen LogP contribution in [0, 0.1) is 0 Å². The van der Waals surface area contributed by atoms with E-state index in [9.17, 15) is 23.1 Å². The highest BCUT2D eigenvalue weighted by Gasteiger charge is 2.31. The molecule has 190 valence electrons. The molecule has 2 aromatic rings. The Kier molecular flexibility index (Phi) is 7.99. The number of ether oxygens (including phenoxy) is 4. The van der Waals surface area contributed by atoms with Crippen LogP contribution >= 0.6 is 0 Å². The van der Waals surface area contributed by atoms with Crippen molar-refractivity contribution in [1.29, 1.82) is 0 Å². The summed E-state index contributed by atoms with van der Waals surface area (Å²) >= 11 is 0. The van der Waals surface area contributed by atoms with Crippen LogP contribution in [0.2, 0.25) is 0 Å². The molecule has 0 saturated carbocycles. The van der Waals surface area contributed by atoms with E-state index >= 15 is 0 Å². The fourth-order valence-electron chi connectivity index (χ4n) is 4.01. The minimum absolute atomic E-state index is 0.0697. The fourth-order valence-corrected chi connectivity index (χ4v) is 4.01. The smallest absolute Gasteiger partial charge is 0.486 e. The number of nitrogens with one attached hydrogen (secondary N) is 1. The summed E-state index contributed by atoms with van der Waals surface area (Å²) in [7, 11) is 0. The zero-order valence-electron chi connectivity index (χ0n) is 18.9. The Balaban J connectivity index is 1.44. The Labute approximate surface area is 200 Å². The minimum atomic E-state index is -4.78. The normalized spacial score (nSPS) is 17.9. The predicted molar refractivity (Wildman–Crippen MR) is 118 cm³/mol. The molecule has 2 aromatic carbocycles. The maximum atomic E-state index is 12.8. The molecule has 0 aliphatic carbocycles. The molecule has 2 aliphatic heterocycles. The number of amides is 1. The Morgan fingerprint density at radius 1 is 1.03 bits per heavy atom. The molecule has 0 aromatic heterocycles. The zero-order valence-corrected chi connectivity index (χ0v) is 18.9. The van der Waals surface area contributed by atoms with Crippen molar-refractivity contribution >= 4 is 5.91 Å². The van der Waals surface area contributed by atoms with Gasteiger partial charge in [-0.25, -0.2) is 0 Å². The number of halogens is 3. The number of nitrogens with zero attached hydrogens (tertiary/aromatic N) is 1. The first-order valence-corrected chi connectivity index (χ1v) is 11.3. The van der Waals surface area contributed by atoms with Gasteiger partial charge in [0.15, 0.2) is 11.5 Å². The molecule has 0 radical (unpaired) electrons. The highest BCUT2D eigenvalue weighted by molar-refractivity contribution is 5.79. The van der Waals surface area contributed by atoms with Crippen molar-refractivity contribution in [3.8, 4) is 17.2 Å². The molecule has 11 heteroatoms. The average Bonchev–Trinajstić information content (AvgIpc) is 2.84. The lowest BCUT2D eigenvalue weighted by Gasteiger charge is -2.33. The van der Waals surface area contributed by atoms with Gasteiger partial charge in [0.05, 0.1) is 25.7 Å². The van der Waals surface area contributed by atoms with Gasteiger partial charge < -0.3 is 29.4 Å². The number of aliphatic hydroxyl groups excluding tert-OH is 1. The van der Waals surface area contributed by atoms with Crippen LogP contribution in [0.4, 0.5) is 13.2 Å². The van der Waals surface area contributed by atoms with E-state index in [4.69, 9.17) is 14.2 Å². The number of alkyl halides is 3. The third-order valence-electron chi connectivity index (χ3n) is 5.72. The van der Waals surface area contributed by atoms with Crippen molar-refractivity contribution in [2.24, 2.45) is 0 Å². The summed E-state index contributed by atoms with van der Waals surface area (Å²) in [4.78, 5) is 14.9. The van der Waals surface area contributed by atoms with Crippen LogP contribution in [0.1, 0.15) is 17.2 Å². The lowest BCUT2D eigenvalue weighted by atomic mass is 10.00. The molecule has 4 rings (SSSR count). The van der Waals surface area contributed by atoms with E-state index in [1.807, 2.05) is 0 Å². The Hall–Kier alpha value is -3.02. The van der Waals surface area contributed by atoms with E-state index in [2.05, 4.69) is 15.0 Å². The third-order valence-corrected chi connectivity index (χ3v) is 5.72. The van der Waals surface area contributed by atoms with Gasteiger partial charge in [0.1, 0.15) is 25.1 Å². The highest BCUT2D eigenvalue weighted by atomic mass is 19.4. The SMILES string of the molecule is O=C(Cc1ccc(OC(F)(F)F)cc1)N[C@H](CN1CCOCC1)[C@H](O)c1ccc2c(c1)OCCO2. The molecular formula is C24H27F3N2O6. The number of hydrogen-bond acceptors (Lipinski definition) is 7. The maximum Gasteiger partial charge on any atom is 0.573 e. The summed E-state index contributed by atoms with van der Waals surface area (Å²) in [6.07, 6.45) is -5.88. The molecule has 0 bridgehead atoms.